The number of methoxy groups -OCH3 is 4. The zero-order chi connectivity index (χ0) is 26.1. The lowest BCUT2D eigenvalue weighted by Crippen LogP contribution is -2.55. The lowest BCUT2D eigenvalue weighted by atomic mass is 9.87. The smallest absolute Gasteiger partial charge is 0.161 e. The van der Waals surface area contributed by atoms with Gasteiger partial charge in [0, 0.05) is 18.1 Å². The van der Waals surface area contributed by atoms with Gasteiger partial charge in [0.15, 0.2) is 11.5 Å². The third-order valence-corrected chi connectivity index (χ3v) is 6.70. The van der Waals surface area contributed by atoms with Crippen LogP contribution in [0, 0.1) is 0 Å². The molecule has 2 aliphatic heterocycles. The third kappa shape index (κ3) is 4.42. The summed E-state index contributed by atoms with van der Waals surface area (Å²) in [6, 6.07) is 6.82. The first-order chi connectivity index (χ1) is 17.3. The molecular formula is C25H32O11. The van der Waals surface area contributed by atoms with Crippen molar-refractivity contribution in [2.45, 2.75) is 49.1 Å². The molecule has 0 unspecified atom stereocenters. The summed E-state index contributed by atoms with van der Waals surface area (Å²) >= 11 is 0. The molecule has 5 N–H and O–H groups in total. The Kier molecular flexibility index (Phi) is 7.79. The molecule has 0 bridgehead atoms. The number of rotatable bonds is 7. The van der Waals surface area contributed by atoms with Gasteiger partial charge in [-0.25, -0.2) is 0 Å². The van der Waals surface area contributed by atoms with E-state index >= 15 is 0 Å². The minimum Gasteiger partial charge on any atom is -0.496 e. The van der Waals surface area contributed by atoms with Gasteiger partial charge in [0.25, 0.3) is 0 Å². The summed E-state index contributed by atoms with van der Waals surface area (Å²) in [5, 5.41) is 51.9. The summed E-state index contributed by atoms with van der Waals surface area (Å²) < 4.78 is 33.9. The average Bonchev–Trinajstić information content (AvgIpc) is 2.90. The summed E-state index contributed by atoms with van der Waals surface area (Å²) in [7, 11) is 5.88. The Morgan fingerprint density at radius 1 is 0.806 bits per heavy atom. The number of aliphatic hydroxyl groups is 5. The van der Waals surface area contributed by atoms with Crippen molar-refractivity contribution in [1.29, 1.82) is 0 Å². The summed E-state index contributed by atoms with van der Waals surface area (Å²) in [5.41, 5.74) is 1.44. The second kappa shape index (κ2) is 10.7. The minimum absolute atomic E-state index is 0.131. The molecule has 0 aromatic heterocycles. The highest BCUT2D eigenvalue weighted by Crippen LogP contribution is 2.50. The van der Waals surface area contributed by atoms with Crippen molar-refractivity contribution in [3.05, 3.63) is 41.0 Å². The van der Waals surface area contributed by atoms with E-state index in [-0.39, 0.29) is 23.5 Å². The molecule has 2 heterocycles. The summed E-state index contributed by atoms with van der Waals surface area (Å²) in [6.45, 7) is -0.578. The van der Waals surface area contributed by atoms with E-state index in [2.05, 4.69) is 0 Å². The molecule has 1 fully saturated rings. The van der Waals surface area contributed by atoms with Crippen LogP contribution in [0.4, 0.5) is 0 Å². The van der Waals surface area contributed by atoms with Gasteiger partial charge in [-0.3, -0.25) is 0 Å². The van der Waals surface area contributed by atoms with E-state index in [9.17, 15) is 25.5 Å². The number of benzene rings is 2. The summed E-state index contributed by atoms with van der Waals surface area (Å²) in [4.78, 5) is 0. The molecule has 1 saturated heterocycles. The second-order valence-corrected chi connectivity index (χ2v) is 8.68. The normalized spacial score (nSPS) is 29.6. The van der Waals surface area contributed by atoms with Gasteiger partial charge < -0.3 is 54.0 Å². The number of ether oxygens (including phenoxy) is 6. The predicted molar refractivity (Wildman–Crippen MR) is 125 cm³/mol. The first-order valence-electron chi connectivity index (χ1n) is 11.4. The Bertz CT molecular complexity index is 1070. The van der Waals surface area contributed by atoms with Gasteiger partial charge in [-0.2, -0.15) is 0 Å². The van der Waals surface area contributed by atoms with Crippen LogP contribution >= 0.6 is 0 Å². The van der Waals surface area contributed by atoms with Crippen molar-refractivity contribution in [3.63, 3.8) is 0 Å². The Balaban J connectivity index is 1.76. The van der Waals surface area contributed by atoms with Crippen molar-refractivity contribution in [1.82, 2.24) is 0 Å². The molecule has 7 atom stereocenters. The van der Waals surface area contributed by atoms with E-state index in [0.29, 0.717) is 28.4 Å². The molecule has 0 amide bonds. The van der Waals surface area contributed by atoms with Gasteiger partial charge in [-0.15, -0.1) is 0 Å². The fourth-order valence-corrected chi connectivity index (χ4v) is 4.83. The Morgan fingerprint density at radius 3 is 2.11 bits per heavy atom. The molecule has 0 spiro atoms. The zero-order valence-electron chi connectivity index (χ0n) is 20.5. The van der Waals surface area contributed by atoms with Crippen molar-refractivity contribution in [2.75, 3.05) is 35.0 Å². The third-order valence-electron chi connectivity index (χ3n) is 6.70. The molecule has 0 saturated carbocycles. The van der Waals surface area contributed by atoms with Crippen LogP contribution in [0.1, 0.15) is 28.9 Å². The molecule has 11 nitrogen and oxygen atoms in total. The van der Waals surface area contributed by atoms with E-state index in [0.717, 1.165) is 0 Å². The molecule has 0 radical (unpaired) electrons. The molecule has 0 aliphatic carbocycles. The van der Waals surface area contributed by atoms with Gasteiger partial charge in [0.05, 0.1) is 46.7 Å². The van der Waals surface area contributed by atoms with Gasteiger partial charge in [0.2, 0.25) is 0 Å². The number of hydrogen-bond donors (Lipinski definition) is 5. The molecule has 36 heavy (non-hydrogen) atoms. The van der Waals surface area contributed by atoms with E-state index < -0.39 is 49.3 Å². The van der Waals surface area contributed by atoms with Gasteiger partial charge >= 0.3 is 0 Å². The molecule has 11 heteroatoms. The van der Waals surface area contributed by atoms with Crippen LogP contribution in [0.2, 0.25) is 0 Å². The quantitative estimate of drug-likeness (QED) is 0.350. The zero-order valence-corrected chi connectivity index (χ0v) is 20.5. The number of aliphatic hydroxyl groups excluding tert-OH is 5. The van der Waals surface area contributed by atoms with Crippen molar-refractivity contribution >= 4 is 0 Å². The maximum atomic E-state index is 11.0. The average molecular weight is 509 g/mol. The standard InChI is InChI=1S/C25H32O11/c1-31-14-6-5-11(7-16(14)32-2)23-13(27)8-12-15(35-23)9-17(33-3)19(24(12)34-4)25-22(30)21(29)20(28)18(10-26)36-25/h5-7,9,13,18,20-23,25-30H,8,10H2,1-4H3/t13-,18-,20-,21+,22-,23-,25+/m1/s1. The van der Waals surface area contributed by atoms with Gasteiger partial charge in [-0.1, -0.05) is 6.07 Å². The maximum Gasteiger partial charge on any atom is 0.161 e. The SMILES string of the molecule is COc1ccc([C@H]2Oc3cc(OC)c([C@@H]4O[C@H](CO)[C@@H](O)[C@H](O)[C@H]4O)c(OC)c3C[C@H]2O)cc1OC. The van der Waals surface area contributed by atoms with Crippen LogP contribution < -0.4 is 23.7 Å². The van der Waals surface area contributed by atoms with E-state index in [1.807, 2.05) is 0 Å². The van der Waals surface area contributed by atoms with Crippen LogP contribution in [0.3, 0.4) is 0 Å². The molecule has 2 aliphatic rings. The Hall–Kier alpha value is -2.80. The largest absolute Gasteiger partial charge is 0.496 e. The number of fused-ring (bicyclic) bond motifs is 1. The first-order valence-corrected chi connectivity index (χ1v) is 11.4. The predicted octanol–water partition coefficient (Wildman–Crippen LogP) is 0.273. The molecular weight excluding hydrogens is 476 g/mol. The number of hydrogen-bond acceptors (Lipinski definition) is 11. The topological polar surface area (TPSA) is 157 Å². The fourth-order valence-electron chi connectivity index (χ4n) is 4.83. The van der Waals surface area contributed by atoms with Gasteiger partial charge in [-0.05, 0) is 17.7 Å². The molecule has 4 rings (SSSR count). The van der Waals surface area contributed by atoms with E-state index in [4.69, 9.17) is 28.4 Å². The fraction of sp³-hybridized carbons (Fsp3) is 0.520. The highest BCUT2D eigenvalue weighted by Gasteiger charge is 2.47. The van der Waals surface area contributed by atoms with Crippen molar-refractivity contribution in [3.8, 4) is 28.7 Å². The van der Waals surface area contributed by atoms with Crippen LogP contribution in [0.25, 0.3) is 0 Å². The summed E-state index contributed by atoms with van der Waals surface area (Å²) in [6.07, 6.45) is -8.52. The first kappa shape index (κ1) is 26.3. The maximum absolute atomic E-state index is 11.0. The molecule has 198 valence electrons. The van der Waals surface area contributed by atoms with Crippen LogP contribution in [0.15, 0.2) is 24.3 Å². The van der Waals surface area contributed by atoms with Crippen LogP contribution in [0.5, 0.6) is 28.7 Å². The van der Waals surface area contributed by atoms with Crippen molar-refractivity contribution < 1.29 is 54.0 Å². The van der Waals surface area contributed by atoms with Crippen LogP contribution in [-0.4, -0.2) is 91.1 Å². The Labute approximate surface area is 208 Å². The molecule has 2 aromatic carbocycles. The van der Waals surface area contributed by atoms with E-state index in [1.165, 1.54) is 28.4 Å². The van der Waals surface area contributed by atoms with E-state index in [1.54, 1.807) is 24.3 Å². The Morgan fingerprint density at radius 2 is 1.50 bits per heavy atom. The van der Waals surface area contributed by atoms with Crippen LogP contribution in [-0.2, 0) is 11.2 Å². The minimum atomic E-state index is -1.58. The highest BCUT2D eigenvalue weighted by atomic mass is 16.6. The highest BCUT2D eigenvalue weighted by molar-refractivity contribution is 5.60. The molecule has 2 aromatic rings. The lowest BCUT2D eigenvalue weighted by Gasteiger charge is -2.41. The van der Waals surface area contributed by atoms with Crippen molar-refractivity contribution in [2.24, 2.45) is 0 Å². The van der Waals surface area contributed by atoms with Gasteiger partial charge in [0.1, 0.15) is 53.9 Å². The second-order valence-electron chi connectivity index (χ2n) is 8.68. The monoisotopic (exact) mass is 508 g/mol. The lowest BCUT2D eigenvalue weighted by molar-refractivity contribution is -0.232. The summed E-state index contributed by atoms with van der Waals surface area (Å²) in [5.74, 6) is 1.89.